The number of pyridine rings is 1. The van der Waals surface area contributed by atoms with E-state index in [4.69, 9.17) is 4.98 Å². The van der Waals surface area contributed by atoms with Crippen molar-refractivity contribution in [3.63, 3.8) is 0 Å². The van der Waals surface area contributed by atoms with Gasteiger partial charge in [0.25, 0.3) is 0 Å². The Hall–Kier alpha value is -2.56. The van der Waals surface area contributed by atoms with Crippen LogP contribution in [0.2, 0.25) is 0 Å². The van der Waals surface area contributed by atoms with Crippen LogP contribution in [-0.4, -0.2) is 36.6 Å². The van der Waals surface area contributed by atoms with Gasteiger partial charge in [0.15, 0.2) is 5.82 Å². The van der Waals surface area contributed by atoms with Crippen LogP contribution in [0.25, 0.3) is 0 Å². The highest BCUT2D eigenvalue weighted by atomic mass is 16.2. The van der Waals surface area contributed by atoms with Gasteiger partial charge >= 0.3 is 0 Å². The lowest BCUT2D eigenvalue weighted by Gasteiger charge is -2.41. The first-order valence-corrected chi connectivity index (χ1v) is 10.0. The Bertz CT molecular complexity index is 864. The zero-order valence-corrected chi connectivity index (χ0v) is 16.0. The predicted molar refractivity (Wildman–Crippen MR) is 108 cm³/mol. The second-order valence-electron chi connectivity index (χ2n) is 8.11. The molecule has 5 heteroatoms. The van der Waals surface area contributed by atoms with Crippen LogP contribution < -0.4 is 14.7 Å². The monoisotopic (exact) mass is 362 g/mol. The van der Waals surface area contributed by atoms with Crippen LogP contribution in [0.3, 0.4) is 0 Å². The molecule has 0 radical (unpaired) electrons. The van der Waals surface area contributed by atoms with Crippen LogP contribution in [0.5, 0.6) is 0 Å². The van der Waals surface area contributed by atoms with Crippen molar-refractivity contribution >= 4 is 23.2 Å². The summed E-state index contributed by atoms with van der Waals surface area (Å²) in [6.07, 6.45) is 3.93. The van der Waals surface area contributed by atoms with Gasteiger partial charge in [-0.2, -0.15) is 0 Å². The number of benzene rings is 1. The topological polar surface area (TPSA) is 39.7 Å². The lowest BCUT2D eigenvalue weighted by atomic mass is 10.0. The van der Waals surface area contributed by atoms with Crippen molar-refractivity contribution in [1.29, 1.82) is 0 Å². The highest BCUT2D eigenvalue weighted by Gasteiger charge is 2.40. The fourth-order valence-electron chi connectivity index (χ4n) is 4.69. The Morgan fingerprint density at radius 2 is 1.81 bits per heavy atom. The second kappa shape index (κ2) is 6.25. The van der Waals surface area contributed by atoms with E-state index in [9.17, 15) is 4.79 Å². The number of carbonyl (C=O) groups is 1. The molecule has 140 valence electrons. The van der Waals surface area contributed by atoms with Crippen LogP contribution in [0, 0.1) is 0 Å². The normalized spacial score (nSPS) is 25.1. The summed E-state index contributed by atoms with van der Waals surface area (Å²) in [6.45, 7) is 3.29. The summed E-state index contributed by atoms with van der Waals surface area (Å²) < 4.78 is 0. The van der Waals surface area contributed by atoms with Gasteiger partial charge in [-0.25, -0.2) is 4.98 Å². The second-order valence-corrected chi connectivity index (χ2v) is 8.11. The van der Waals surface area contributed by atoms with E-state index in [1.54, 1.807) is 0 Å². The number of nitrogens with zero attached hydrogens (tertiary/aromatic N) is 4. The minimum atomic E-state index is 0.0809. The Morgan fingerprint density at radius 3 is 2.56 bits per heavy atom. The number of anilines is 3. The summed E-state index contributed by atoms with van der Waals surface area (Å²) in [7, 11) is 2.13. The van der Waals surface area contributed by atoms with Gasteiger partial charge in [0.1, 0.15) is 5.82 Å². The third-order valence-corrected chi connectivity index (χ3v) is 6.09. The smallest absolute Gasteiger partial charge is 0.228 e. The quantitative estimate of drug-likeness (QED) is 0.834. The Balaban J connectivity index is 1.56. The van der Waals surface area contributed by atoms with Crippen molar-refractivity contribution in [1.82, 2.24) is 4.98 Å². The maximum absolute atomic E-state index is 12.7. The third-order valence-electron chi connectivity index (χ3n) is 6.09. The summed E-state index contributed by atoms with van der Waals surface area (Å²) in [5, 5.41) is 0. The fraction of sp³-hybridized carbons (Fsp3) is 0.455. The van der Waals surface area contributed by atoms with E-state index in [0.29, 0.717) is 18.5 Å². The largest absolute Gasteiger partial charge is 0.370 e. The molecule has 1 saturated carbocycles. The molecule has 1 aliphatic carbocycles. The van der Waals surface area contributed by atoms with E-state index in [0.717, 1.165) is 24.6 Å². The summed E-state index contributed by atoms with van der Waals surface area (Å²) in [5.41, 5.74) is 2.36. The van der Waals surface area contributed by atoms with Gasteiger partial charge < -0.3 is 9.80 Å². The first-order valence-electron chi connectivity index (χ1n) is 10.0. The molecule has 3 aliphatic rings. The van der Waals surface area contributed by atoms with Gasteiger partial charge in [-0.15, -0.1) is 0 Å². The first-order chi connectivity index (χ1) is 13.1. The molecule has 1 saturated heterocycles. The highest BCUT2D eigenvalue weighted by molar-refractivity contribution is 5.96. The Labute approximate surface area is 160 Å². The van der Waals surface area contributed by atoms with Crippen molar-refractivity contribution < 1.29 is 4.79 Å². The molecule has 5 rings (SSSR count). The summed E-state index contributed by atoms with van der Waals surface area (Å²) in [5.74, 6) is 2.01. The predicted octanol–water partition coefficient (Wildman–Crippen LogP) is 3.76. The van der Waals surface area contributed by atoms with Gasteiger partial charge in [0.05, 0.1) is 11.7 Å². The van der Waals surface area contributed by atoms with E-state index in [1.165, 1.54) is 24.1 Å². The molecule has 2 unspecified atom stereocenters. The number of rotatable bonds is 3. The van der Waals surface area contributed by atoms with Crippen molar-refractivity contribution in [2.45, 2.75) is 50.7 Å². The van der Waals surface area contributed by atoms with Crippen LogP contribution in [0.4, 0.5) is 17.3 Å². The molecular formula is C22H26N4O. The van der Waals surface area contributed by atoms with Gasteiger partial charge in [0, 0.05) is 32.1 Å². The minimum absolute atomic E-state index is 0.0809. The lowest BCUT2D eigenvalue weighted by Crippen LogP contribution is -2.48. The number of hydrogen-bond acceptors (Lipinski definition) is 4. The summed E-state index contributed by atoms with van der Waals surface area (Å²) in [4.78, 5) is 24.5. The van der Waals surface area contributed by atoms with E-state index in [1.807, 2.05) is 29.2 Å². The van der Waals surface area contributed by atoms with Crippen molar-refractivity contribution in [3.8, 4) is 0 Å². The van der Waals surface area contributed by atoms with Crippen molar-refractivity contribution in [3.05, 3.63) is 48.0 Å². The molecule has 0 N–H and O–H groups in total. The van der Waals surface area contributed by atoms with Gasteiger partial charge in [-0.1, -0.05) is 30.3 Å². The molecule has 3 heterocycles. The summed E-state index contributed by atoms with van der Waals surface area (Å²) in [6, 6.07) is 15.6. The maximum Gasteiger partial charge on any atom is 0.228 e. The van der Waals surface area contributed by atoms with Crippen LogP contribution in [0.1, 0.15) is 44.2 Å². The Kier molecular flexibility index (Phi) is 3.85. The van der Waals surface area contributed by atoms with Crippen molar-refractivity contribution in [2.24, 2.45) is 0 Å². The molecule has 2 fully saturated rings. The van der Waals surface area contributed by atoms with Crippen LogP contribution >= 0.6 is 0 Å². The zero-order chi connectivity index (χ0) is 18.5. The molecule has 2 aromatic rings. The number of likely N-dealkylation sites (N-methyl/N-ethyl adjacent to an activating group) is 1. The maximum atomic E-state index is 12.7. The average Bonchev–Trinajstić information content (AvgIpc) is 3.43. The number of aromatic nitrogens is 1. The van der Waals surface area contributed by atoms with E-state index >= 15 is 0 Å². The third kappa shape index (κ3) is 2.76. The standard InChI is InChI=1S/C22H26N4O/c1-15-14-24(2)19-10-12-20(23-22(19)25(15)17-8-9-17)26-18(11-13-21(26)27)16-6-4-3-5-7-16/h3-7,10,12,15,17-18H,8-9,11,13-14H2,1-2H3. The molecule has 0 bridgehead atoms. The molecule has 5 nitrogen and oxygen atoms in total. The van der Waals surface area contributed by atoms with Crippen molar-refractivity contribution in [2.75, 3.05) is 28.3 Å². The summed E-state index contributed by atoms with van der Waals surface area (Å²) >= 11 is 0. The minimum Gasteiger partial charge on any atom is -0.370 e. The van der Waals surface area contributed by atoms with E-state index in [-0.39, 0.29) is 11.9 Å². The molecule has 27 heavy (non-hydrogen) atoms. The molecular weight excluding hydrogens is 336 g/mol. The van der Waals surface area contributed by atoms with Gasteiger partial charge in [-0.3, -0.25) is 9.69 Å². The number of hydrogen-bond donors (Lipinski definition) is 0. The SMILES string of the molecule is CC1CN(C)c2ccc(N3C(=O)CCC3c3ccccc3)nc2N1C1CC1. The van der Waals surface area contributed by atoms with E-state index in [2.05, 4.69) is 42.0 Å². The number of amides is 1. The number of carbonyl (C=O) groups excluding carboxylic acids is 1. The Morgan fingerprint density at radius 1 is 1.04 bits per heavy atom. The molecule has 1 aromatic carbocycles. The number of fused-ring (bicyclic) bond motifs is 1. The van der Waals surface area contributed by atoms with E-state index < -0.39 is 0 Å². The highest BCUT2D eigenvalue weighted by Crippen LogP contribution is 2.43. The molecule has 1 aromatic heterocycles. The molecule has 1 amide bonds. The van der Waals surface area contributed by atoms with Gasteiger partial charge in [0.2, 0.25) is 5.91 Å². The van der Waals surface area contributed by atoms with Crippen LogP contribution in [0.15, 0.2) is 42.5 Å². The zero-order valence-electron chi connectivity index (χ0n) is 16.0. The van der Waals surface area contributed by atoms with Gasteiger partial charge in [-0.05, 0) is 43.9 Å². The fourth-order valence-corrected chi connectivity index (χ4v) is 4.69. The molecule has 2 atom stereocenters. The first kappa shape index (κ1) is 16.6. The average molecular weight is 362 g/mol. The molecule has 0 spiro atoms. The molecule has 2 aliphatic heterocycles. The van der Waals surface area contributed by atoms with Crippen LogP contribution in [-0.2, 0) is 4.79 Å². The lowest BCUT2D eigenvalue weighted by molar-refractivity contribution is -0.117.